The predicted octanol–water partition coefficient (Wildman–Crippen LogP) is 3.76. The molecule has 118 valence electrons. The molecule has 0 bridgehead atoms. The molecule has 0 aliphatic heterocycles. The Morgan fingerprint density at radius 1 is 1.36 bits per heavy atom. The summed E-state index contributed by atoms with van der Waals surface area (Å²) in [5.74, 6) is 1.37. The Labute approximate surface area is 128 Å². The molecule has 2 rings (SSSR count). The molecular formula is C15H20N4O3. The van der Waals surface area contributed by atoms with Crippen LogP contribution in [-0.2, 0) is 6.54 Å². The van der Waals surface area contributed by atoms with E-state index in [1.807, 2.05) is 6.92 Å². The van der Waals surface area contributed by atoms with E-state index < -0.39 is 0 Å². The van der Waals surface area contributed by atoms with Crippen molar-refractivity contribution < 1.29 is 9.26 Å². The molecule has 0 fully saturated rings. The van der Waals surface area contributed by atoms with Crippen LogP contribution in [0.2, 0.25) is 0 Å². The summed E-state index contributed by atoms with van der Waals surface area (Å²) in [4.78, 5) is 12.5. The quantitative estimate of drug-likeness (QED) is 0.729. The maximum atomic E-state index is 12.5. The molecule has 0 atom stereocenters. The van der Waals surface area contributed by atoms with Gasteiger partial charge < -0.3 is 13.8 Å². The topological polar surface area (TPSA) is 82.0 Å². The molecule has 0 unspecified atom stereocenters. The third-order valence-corrected chi connectivity index (χ3v) is 3.02. The van der Waals surface area contributed by atoms with Crippen molar-refractivity contribution in [2.45, 2.75) is 40.2 Å². The van der Waals surface area contributed by atoms with Gasteiger partial charge in [-0.15, -0.1) is 10.2 Å². The molecule has 2 aromatic heterocycles. The Bertz CT molecular complexity index is 703. The lowest BCUT2D eigenvalue weighted by molar-refractivity contribution is 0.339. The highest BCUT2D eigenvalue weighted by Crippen LogP contribution is 2.25. The monoisotopic (exact) mass is 304 g/mol. The zero-order valence-corrected chi connectivity index (χ0v) is 13.1. The summed E-state index contributed by atoms with van der Waals surface area (Å²) in [7, 11) is 0. The van der Waals surface area contributed by atoms with E-state index in [9.17, 15) is 4.79 Å². The first kappa shape index (κ1) is 15.9. The number of unbranched alkanes of at least 4 members (excludes halogenated alkanes) is 1. The van der Waals surface area contributed by atoms with Crippen LogP contribution >= 0.6 is 0 Å². The Hall–Kier alpha value is -2.44. The van der Waals surface area contributed by atoms with Crippen molar-refractivity contribution in [1.29, 1.82) is 0 Å². The lowest BCUT2D eigenvalue weighted by Crippen LogP contribution is -2.19. The fourth-order valence-electron chi connectivity index (χ4n) is 1.92. The summed E-state index contributed by atoms with van der Waals surface area (Å²) >= 11 is 0. The lowest BCUT2D eigenvalue weighted by atomic mass is 10.3. The number of hydrogen-bond donors (Lipinski definition) is 0. The fourth-order valence-corrected chi connectivity index (χ4v) is 1.92. The number of ether oxygens (including phenoxy) is 1. The van der Waals surface area contributed by atoms with Gasteiger partial charge in [0.1, 0.15) is 5.76 Å². The second-order valence-electron chi connectivity index (χ2n) is 4.81. The number of azo groups is 1. The molecule has 0 radical (unpaired) electrons. The average molecular weight is 304 g/mol. The molecule has 7 nitrogen and oxygen atoms in total. The van der Waals surface area contributed by atoms with Gasteiger partial charge in [0.05, 0.1) is 6.61 Å². The minimum atomic E-state index is -0.219. The maximum Gasteiger partial charge on any atom is 0.282 e. The van der Waals surface area contributed by atoms with Gasteiger partial charge in [-0.25, -0.2) is 0 Å². The molecule has 0 N–H and O–H groups in total. The number of rotatable bonds is 7. The van der Waals surface area contributed by atoms with Crippen LogP contribution < -0.4 is 10.3 Å². The first-order valence-electron chi connectivity index (χ1n) is 7.37. The fraction of sp³-hybridized carbons (Fsp3) is 0.467. The third-order valence-electron chi connectivity index (χ3n) is 3.02. The maximum absolute atomic E-state index is 12.5. The standard InChI is InChI=1S/C15H20N4O3/c1-4-6-8-19-9-7-12(21-5-2)14(15(19)20)17-16-13-10-11(3)22-18-13/h7,9-10H,4-6,8H2,1-3H3/b17-16+. The third kappa shape index (κ3) is 3.81. The van der Waals surface area contributed by atoms with Crippen molar-refractivity contribution in [1.82, 2.24) is 9.72 Å². The highest BCUT2D eigenvalue weighted by Gasteiger charge is 2.11. The molecule has 7 heteroatoms. The average Bonchev–Trinajstić information content (AvgIpc) is 2.92. The highest BCUT2D eigenvalue weighted by molar-refractivity contribution is 5.49. The highest BCUT2D eigenvalue weighted by atomic mass is 16.5. The predicted molar refractivity (Wildman–Crippen MR) is 82.2 cm³/mol. The van der Waals surface area contributed by atoms with Gasteiger partial charge in [-0.3, -0.25) is 4.79 Å². The Morgan fingerprint density at radius 2 is 2.18 bits per heavy atom. The summed E-state index contributed by atoms with van der Waals surface area (Å²) in [6.45, 7) is 6.78. The van der Waals surface area contributed by atoms with Gasteiger partial charge in [0.15, 0.2) is 11.4 Å². The molecule has 0 aromatic carbocycles. The SMILES string of the molecule is CCCCn1ccc(OCC)c(/N=N/c2cc(C)on2)c1=O. The molecule has 2 heterocycles. The molecule has 0 aliphatic carbocycles. The molecule has 0 amide bonds. The summed E-state index contributed by atoms with van der Waals surface area (Å²) < 4.78 is 12.0. The van der Waals surface area contributed by atoms with Gasteiger partial charge in [-0.2, -0.15) is 0 Å². The smallest absolute Gasteiger partial charge is 0.282 e. The van der Waals surface area contributed by atoms with E-state index in [0.717, 1.165) is 12.8 Å². The molecule has 0 spiro atoms. The van der Waals surface area contributed by atoms with Crippen LogP contribution in [-0.4, -0.2) is 16.3 Å². The van der Waals surface area contributed by atoms with Gasteiger partial charge in [0.25, 0.3) is 5.56 Å². The number of pyridine rings is 1. The molecule has 0 saturated heterocycles. The van der Waals surface area contributed by atoms with E-state index in [1.165, 1.54) is 0 Å². The Kier molecular flexibility index (Phi) is 5.46. The first-order valence-corrected chi connectivity index (χ1v) is 7.37. The van der Waals surface area contributed by atoms with E-state index in [-0.39, 0.29) is 11.2 Å². The molecular weight excluding hydrogens is 284 g/mol. The van der Waals surface area contributed by atoms with Crippen molar-refractivity contribution in [3.63, 3.8) is 0 Å². The van der Waals surface area contributed by atoms with Crippen LogP contribution in [0, 0.1) is 6.92 Å². The van der Waals surface area contributed by atoms with Crippen molar-refractivity contribution in [2.24, 2.45) is 10.2 Å². The van der Waals surface area contributed by atoms with E-state index in [0.29, 0.717) is 30.5 Å². The Morgan fingerprint density at radius 3 is 2.82 bits per heavy atom. The van der Waals surface area contributed by atoms with Crippen molar-refractivity contribution >= 4 is 11.5 Å². The first-order chi connectivity index (χ1) is 10.7. The van der Waals surface area contributed by atoms with E-state index in [4.69, 9.17) is 9.26 Å². The number of nitrogens with zero attached hydrogens (tertiary/aromatic N) is 4. The lowest BCUT2D eigenvalue weighted by Gasteiger charge is -2.09. The van der Waals surface area contributed by atoms with Crippen LogP contribution in [0.4, 0.5) is 11.5 Å². The van der Waals surface area contributed by atoms with Gasteiger partial charge in [-0.05, 0) is 26.3 Å². The van der Waals surface area contributed by atoms with Crippen molar-refractivity contribution in [3.05, 3.63) is 34.4 Å². The van der Waals surface area contributed by atoms with E-state index in [2.05, 4.69) is 22.3 Å². The minimum Gasteiger partial charge on any atom is -0.491 e. The summed E-state index contributed by atoms with van der Waals surface area (Å²) in [6.07, 6.45) is 3.66. The van der Waals surface area contributed by atoms with Crippen LogP contribution in [0.3, 0.4) is 0 Å². The van der Waals surface area contributed by atoms with Crippen molar-refractivity contribution in [2.75, 3.05) is 6.61 Å². The number of hydrogen-bond acceptors (Lipinski definition) is 6. The number of aryl methyl sites for hydroxylation is 2. The second kappa shape index (κ2) is 7.53. The summed E-state index contributed by atoms with van der Waals surface area (Å²) in [5.41, 5.74) is -0.0375. The van der Waals surface area contributed by atoms with Crippen molar-refractivity contribution in [3.8, 4) is 5.75 Å². The second-order valence-corrected chi connectivity index (χ2v) is 4.81. The van der Waals surface area contributed by atoms with Crippen LogP contribution in [0.5, 0.6) is 5.75 Å². The zero-order chi connectivity index (χ0) is 15.9. The van der Waals surface area contributed by atoms with Crippen LogP contribution in [0.25, 0.3) is 0 Å². The van der Waals surface area contributed by atoms with Crippen LogP contribution in [0.15, 0.2) is 37.9 Å². The number of aromatic nitrogens is 2. The molecule has 0 saturated carbocycles. The normalized spacial score (nSPS) is 11.2. The van der Waals surface area contributed by atoms with Gasteiger partial charge in [0, 0.05) is 18.8 Å². The van der Waals surface area contributed by atoms with E-state index in [1.54, 1.807) is 29.8 Å². The van der Waals surface area contributed by atoms with Gasteiger partial charge in [-0.1, -0.05) is 18.5 Å². The summed E-state index contributed by atoms with van der Waals surface area (Å²) in [5, 5.41) is 11.7. The molecule has 2 aromatic rings. The Balaban J connectivity index is 2.36. The van der Waals surface area contributed by atoms with E-state index >= 15 is 0 Å². The van der Waals surface area contributed by atoms with Gasteiger partial charge >= 0.3 is 0 Å². The minimum absolute atomic E-state index is 0.182. The van der Waals surface area contributed by atoms with Gasteiger partial charge in [0.2, 0.25) is 5.82 Å². The molecule has 0 aliphatic rings. The largest absolute Gasteiger partial charge is 0.491 e. The zero-order valence-electron chi connectivity index (χ0n) is 13.1. The van der Waals surface area contributed by atoms with Crippen LogP contribution in [0.1, 0.15) is 32.4 Å². The molecule has 22 heavy (non-hydrogen) atoms. The summed E-state index contributed by atoms with van der Waals surface area (Å²) in [6, 6.07) is 3.38.